The molecule has 4 heterocycles. The zero-order valence-corrected chi connectivity index (χ0v) is 44.8. The van der Waals surface area contributed by atoms with Crippen molar-refractivity contribution in [1.82, 2.24) is 35.7 Å². The molecule has 74 heavy (non-hydrogen) atoms. The van der Waals surface area contributed by atoms with Gasteiger partial charge in [0.1, 0.15) is 17.1 Å². The number of nitrogens with one attached hydrogen (secondary N) is 5. The number of hydrogen-bond donors (Lipinski definition) is 5. The van der Waals surface area contributed by atoms with Gasteiger partial charge >= 0.3 is 0 Å². The highest BCUT2D eigenvalue weighted by molar-refractivity contribution is 6.08. The average molecular weight is 1010 g/mol. The van der Waals surface area contributed by atoms with E-state index in [0.717, 1.165) is 70.9 Å². The van der Waals surface area contributed by atoms with Crippen molar-refractivity contribution in [2.45, 2.75) is 51.9 Å². The monoisotopic (exact) mass is 1010 g/mol. The van der Waals surface area contributed by atoms with E-state index in [9.17, 15) is 19.2 Å². The van der Waals surface area contributed by atoms with Crippen LogP contribution < -0.4 is 55.5 Å². The van der Waals surface area contributed by atoms with Gasteiger partial charge < -0.3 is 64.6 Å². The maximum Gasteiger partial charge on any atom is 0.274 e. The second kappa shape index (κ2) is 21.8. The number of carbonyl (C=O) groups is 4. The number of hydrogen-bond acceptors (Lipinski definition) is 11. The van der Waals surface area contributed by atoms with E-state index < -0.39 is 6.04 Å². The number of anilines is 3. The van der Waals surface area contributed by atoms with Crippen molar-refractivity contribution >= 4 is 40.7 Å². The summed E-state index contributed by atoms with van der Waals surface area (Å²) >= 11 is 0. The summed E-state index contributed by atoms with van der Waals surface area (Å²) in [5.41, 5.74) is 10.5. The largest absolute Gasteiger partial charge is 0.497 e. The smallest absolute Gasteiger partial charge is 0.274 e. The third-order valence-electron chi connectivity index (χ3n) is 14.7. The molecule has 0 saturated carbocycles. The molecule has 17 heteroatoms. The highest BCUT2D eigenvalue weighted by atomic mass is 16.5. The molecule has 5 N–H and O–H groups in total. The first kappa shape index (κ1) is 52.6. The maximum atomic E-state index is 14.8. The van der Waals surface area contributed by atoms with Gasteiger partial charge in [-0.05, 0) is 136 Å². The second-order valence-electron chi connectivity index (χ2n) is 19.5. The summed E-state index contributed by atoms with van der Waals surface area (Å²) in [5.74, 6) is 0.594. The molecule has 2 aliphatic heterocycles. The second-order valence-corrected chi connectivity index (χ2v) is 19.5. The van der Waals surface area contributed by atoms with Crippen LogP contribution in [0.25, 0.3) is 22.3 Å². The van der Waals surface area contributed by atoms with Crippen molar-refractivity contribution in [1.29, 1.82) is 0 Å². The minimum atomic E-state index is -0.506. The lowest BCUT2D eigenvalue weighted by molar-refractivity contribution is 0.0930. The summed E-state index contributed by atoms with van der Waals surface area (Å²) < 4.78 is 20.9. The van der Waals surface area contributed by atoms with Crippen LogP contribution in [-0.4, -0.2) is 121 Å². The van der Waals surface area contributed by atoms with Crippen LogP contribution in [0.2, 0.25) is 0 Å². The van der Waals surface area contributed by atoms with Crippen LogP contribution in [-0.2, 0) is 14.1 Å². The molecule has 0 bridgehead atoms. The Morgan fingerprint density at radius 3 is 1.81 bits per heavy atom. The number of carbonyl (C=O) groups excluding carboxylic acids is 4. The molecule has 8 rings (SSSR count). The number of aryl methyl sites for hydroxylation is 3. The minimum absolute atomic E-state index is 0.164. The van der Waals surface area contributed by atoms with Gasteiger partial charge in [0.05, 0.1) is 33.4 Å². The van der Waals surface area contributed by atoms with Gasteiger partial charge in [-0.2, -0.15) is 0 Å². The number of ether oxygens (including phenoxy) is 3. The van der Waals surface area contributed by atoms with Gasteiger partial charge in [0, 0.05) is 124 Å². The fraction of sp³-hybridized carbons (Fsp3) is 0.368. The number of benzene rings is 4. The molecule has 390 valence electrons. The lowest BCUT2D eigenvalue weighted by Crippen LogP contribution is -2.57. The zero-order chi connectivity index (χ0) is 53.3. The molecule has 2 aliphatic rings. The van der Waals surface area contributed by atoms with Crippen LogP contribution >= 0.6 is 0 Å². The first-order chi connectivity index (χ1) is 35.4. The van der Waals surface area contributed by atoms with E-state index >= 15 is 0 Å². The van der Waals surface area contributed by atoms with Crippen LogP contribution in [0.1, 0.15) is 89.9 Å². The van der Waals surface area contributed by atoms with Crippen LogP contribution in [0.5, 0.6) is 17.2 Å². The number of rotatable bonds is 18. The summed E-state index contributed by atoms with van der Waals surface area (Å²) in [4.78, 5) is 61.9. The van der Waals surface area contributed by atoms with E-state index in [2.05, 4.69) is 42.5 Å². The van der Waals surface area contributed by atoms with Gasteiger partial charge in [-0.1, -0.05) is 6.07 Å². The van der Waals surface area contributed by atoms with Crippen molar-refractivity contribution in [2.24, 2.45) is 14.1 Å². The molecule has 4 amide bonds. The van der Waals surface area contributed by atoms with Gasteiger partial charge in [0.15, 0.2) is 11.5 Å². The Hall–Kier alpha value is -7.76. The topological polar surface area (TPSA) is 176 Å². The highest BCUT2D eigenvalue weighted by Crippen LogP contribution is 2.42. The number of nitrogens with zero attached hydrogens (tertiary/aromatic N) is 5. The Bertz CT molecular complexity index is 3110. The van der Waals surface area contributed by atoms with Gasteiger partial charge in [0.25, 0.3) is 23.6 Å². The van der Waals surface area contributed by atoms with Crippen LogP contribution in [0.15, 0.2) is 85.2 Å². The molecule has 4 aromatic carbocycles. The van der Waals surface area contributed by atoms with E-state index in [1.807, 2.05) is 122 Å². The predicted molar refractivity (Wildman–Crippen MR) is 292 cm³/mol. The van der Waals surface area contributed by atoms with E-state index in [0.29, 0.717) is 62.6 Å². The van der Waals surface area contributed by atoms with Crippen LogP contribution in [0.4, 0.5) is 17.1 Å². The normalized spacial score (nSPS) is 14.4. The SMILES string of the molecule is CNC(=O)c1cc(-c2cc([C@@H](C)NC(=O)c3cc(N4CC(NC)C4)cc(N(C)C(=O)c4cc(-c5cc(OC)cc([C@@H](C)NC(=O)c6cc(N7CC(NC)C7)ccc6C)c5)cn4C)c3C)cc(OC)c2OC)cn1C. The highest BCUT2D eigenvalue weighted by Gasteiger charge is 2.31. The molecular formula is C57H70N10O7. The van der Waals surface area contributed by atoms with Crippen LogP contribution in [0.3, 0.4) is 0 Å². The first-order valence-electron chi connectivity index (χ1n) is 24.9. The third-order valence-corrected chi connectivity index (χ3v) is 14.7. The Kier molecular flexibility index (Phi) is 15.5. The van der Waals surface area contributed by atoms with Gasteiger partial charge in [-0.25, -0.2) is 0 Å². The lowest BCUT2D eigenvalue weighted by atomic mass is 9.98. The van der Waals surface area contributed by atoms with Crippen molar-refractivity contribution in [3.8, 4) is 39.5 Å². The fourth-order valence-corrected chi connectivity index (χ4v) is 9.85. The average Bonchev–Trinajstić information content (AvgIpc) is 3.96. The van der Waals surface area contributed by atoms with E-state index in [-0.39, 0.29) is 35.7 Å². The van der Waals surface area contributed by atoms with Crippen LogP contribution in [0, 0.1) is 13.8 Å². The maximum absolute atomic E-state index is 14.8. The number of aromatic nitrogens is 2. The van der Waals surface area contributed by atoms with Gasteiger partial charge in [-0.15, -0.1) is 0 Å². The lowest BCUT2D eigenvalue weighted by Gasteiger charge is -2.41. The molecule has 2 fully saturated rings. The van der Waals surface area contributed by atoms with Gasteiger partial charge in [0.2, 0.25) is 0 Å². The molecule has 2 atom stereocenters. The van der Waals surface area contributed by atoms with Gasteiger partial charge in [-0.3, -0.25) is 19.2 Å². The minimum Gasteiger partial charge on any atom is -0.497 e. The molecule has 2 saturated heterocycles. The summed E-state index contributed by atoms with van der Waals surface area (Å²) in [6, 6.07) is 23.0. The zero-order valence-electron chi connectivity index (χ0n) is 44.8. The molecular weight excluding hydrogens is 937 g/mol. The van der Waals surface area contributed by atoms with Crippen molar-refractivity contribution < 1.29 is 33.4 Å². The fourth-order valence-electron chi connectivity index (χ4n) is 9.85. The molecule has 6 aromatic rings. The van der Waals surface area contributed by atoms with E-state index in [1.165, 1.54) is 0 Å². The molecule has 17 nitrogen and oxygen atoms in total. The van der Waals surface area contributed by atoms with Crippen molar-refractivity contribution in [3.05, 3.63) is 130 Å². The van der Waals surface area contributed by atoms with E-state index in [4.69, 9.17) is 14.2 Å². The molecule has 2 aromatic heterocycles. The summed E-state index contributed by atoms with van der Waals surface area (Å²) in [5, 5.41) is 15.7. The summed E-state index contributed by atoms with van der Waals surface area (Å²) in [7, 11) is 15.6. The molecule has 0 radical (unpaired) electrons. The Morgan fingerprint density at radius 1 is 0.622 bits per heavy atom. The van der Waals surface area contributed by atoms with E-state index in [1.54, 1.807) is 62.6 Å². The Morgan fingerprint density at radius 2 is 1.20 bits per heavy atom. The van der Waals surface area contributed by atoms with Crippen molar-refractivity contribution in [2.75, 3.05) is 90.4 Å². The quantitative estimate of drug-likeness (QED) is 0.0615. The molecule has 0 unspecified atom stereocenters. The predicted octanol–water partition coefficient (Wildman–Crippen LogP) is 6.77. The van der Waals surface area contributed by atoms with Crippen molar-refractivity contribution in [3.63, 3.8) is 0 Å². The molecule has 0 aliphatic carbocycles. The Labute approximate surface area is 434 Å². The summed E-state index contributed by atoms with van der Waals surface area (Å²) in [6.07, 6.45) is 3.76. The number of amides is 4. The third kappa shape index (κ3) is 10.4. The Balaban J connectivity index is 1.05. The summed E-state index contributed by atoms with van der Waals surface area (Å²) in [6.45, 7) is 10.9. The number of methoxy groups -OCH3 is 3. The number of likely N-dealkylation sites (N-methyl/N-ethyl adjacent to an activating group) is 2. The molecule has 0 spiro atoms. The first-order valence-corrected chi connectivity index (χ1v) is 24.9. The standard InChI is InChI=1S/C57H70N10O7/c1-32-14-15-43(66-28-41(29-66)58-5)23-46(32)54(68)61-34(3)36-16-38(18-45(17-36)72-11)39-20-51(64(9)26-39)57(71)65(10)49-25-44(67-30-42(31-67)59-6)24-47(33(49)2)55(69)62-35(4)37-19-48(53(74-13)52(22-37)73-12)40-21-50(56(70)60-7)63(8)27-40/h14-27,34-35,41-42,58-59H,28-31H2,1-13H3,(H,60,70)(H,61,68)(H,62,69)/t34-,35-/m1/s1.